The molecule has 3 rings (SSSR count). The number of aromatic nitrogens is 2. The van der Waals surface area contributed by atoms with E-state index < -0.39 is 0 Å². The summed E-state index contributed by atoms with van der Waals surface area (Å²) in [6.45, 7) is 2.75. The smallest absolute Gasteiger partial charge is 0.257 e. The number of nitrogens with two attached hydrogens (primary N) is 1. The van der Waals surface area contributed by atoms with Crippen molar-refractivity contribution < 1.29 is 9.53 Å². The molecule has 2 aromatic rings. The van der Waals surface area contributed by atoms with E-state index in [2.05, 4.69) is 10.00 Å². The van der Waals surface area contributed by atoms with E-state index in [-0.39, 0.29) is 5.91 Å². The van der Waals surface area contributed by atoms with Gasteiger partial charge in [-0.3, -0.25) is 9.48 Å². The number of ether oxygens (including phenoxy) is 1. The molecule has 2 heterocycles. The number of anilines is 2. The highest BCUT2D eigenvalue weighted by molar-refractivity contribution is 6.33. The molecule has 0 radical (unpaired) electrons. The van der Waals surface area contributed by atoms with Gasteiger partial charge in [0.2, 0.25) is 0 Å². The molecular weight excluding hydrogens is 330 g/mol. The van der Waals surface area contributed by atoms with Crippen LogP contribution in [-0.4, -0.2) is 53.9 Å². The summed E-state index contributed by atoms with van der Waals surface area (Å²) >= 11 is 6.06. The minimum absolute atomic E-state index is 0.0976. The maximum atomic E-state index is 12.8. The average molecular weight is 350 g/mol. The Hall–Kier alpha value is -2.41. The zero-order valence-electron chi connectivity index (χ0n) is 13.7. The van der Waals surface area contributed by atoms with E-state index in [0.29, 0.717) is 35.1 Å². The number of hydrogen-bond donors (Lipinski definition) is 1. The fourth-order valence-corrected chi connectivity index (χ4v) is 2.98. The maximum Gasteiger partial charge on any atom is 0.257 e. The van der Waals surface area contributed by atoms with Gasteiger partial charge in [0.15, 0.2) is 0 Å². The number of carbonyl (C=O) groups excluding carboxylic acids is 1. The molecule has 7 nitrogen and oxygen atoms in total. The number of benzene rings is 1. The summed E-state index contributed by atoms with van der Waals surface area (Å²) in [5.41, 5.74) is 7.68. The van der Waals surface area contributed by atoms with Gasteiger partial charge in [0.05, 0.1) is 35.3 Å². The zero-order valence-corrected chi connectivity index (χ0v) is 14.5. The molecule has 24 heavy (non-hydrogen) atoms. The first kappa shape index (κ1) is 16.4. The monoisotopic (exact) mass is 349 g/mol. The summed E-state index contributed by atoms with van der Waals surface area (Å²) in [4.78, 5) is 16.8. The molecular formula is C16H20ClN5O2. The number of rotatable bonds is 3. The zero-order chi connectivity index (χ0) is 17.3. The van der Waals surface area contributed by atoms with Gasteiger partial charge in [-0.2, -0.15) is 5.10 Å². The van der Waals surface area contributed by atoms with E-state index in [0.717, 1.165) is 18.8 Å². The largest absolute Gasteiger partial charge is 0.496 e. The van der Waals surface area contributed by atoms with E-state index in [9.17, 15) is 4.79 Å². The van der Waals surface area contributed by atoms with Crippen LogP contribution >= 0.6 is 11.6 Å². The number of piperazine rings is 1. The fourth-order valence-electron chi connectivity index (χ4n) is 2.81. The molecule has 2 N–H and O–H groups in total. The van der Waals surface area contributed by atoms with Gasteiger partial charge in [-0.25, -0.2) is 0 Å². The van der Waals surface area contributed by atoms with Crippen molar-refractivity contribution in [2.45, 2.75) is 0 Å². The predicted octanol–water partition coefficient (Wildman–Crippen LogP) is 1.63. The second-order valence-electron chi connectivity index (χ2n) is 5.73. The van der Waals surface area contributed by atoms with E-state index in [1.807, 2.05) is 19.4 Å². The average Bonchev–Trinajstić information content (AvgIpc) is 3.03. The van der Waals surface area contributed by atoms with Crippen molar-refractivity contribution in [3.8, 4) is 5.75 Å². The summed E-state index contributed by atoms with van der Waals surface area (Å²) in [6.07, 6.45) is 3.81. The van der Waals surface area contributed by atoms with Gasteiger partial charge < -0.3 is 20.3 Å². The lowest BCUT2D eigenvalue weighted by atomic mass is 10.1. The molecule has 0 atom stereocenters. The Labute approximate surface area is 145 Å². The first-order chi connectivity index (χ1) is 11.5. The predicted molar refractivity (Wildman–Crippen MR) is 93.7 cm³/mol. The number of halogens is 1. The highest BCUT2D eigenvalue weighted by atomic mass is 35.5. The summed E-state index contributed by atoms with van der Waals surface area (Å²) in [5.74, 6) is 0.344. The molecule has 0 bridgehead atoms. The van der Waals surface area contributed by atoms with Crippen LogP contribution in [0.5, 0.6) is 5.75 Å². The van der Waals surface area contributed by atoms with Gasteiger partial charge >= 0.3 is 0 Å². The third-order valence-electron chi connectivity index (χ3n) is 4.17. The second kappa shape index (κ2) is 6.60. The number of aryl methyl sites for hydroxylation is 1. The Morgan fingerprint density at radius 1 is 1.29 bits per heavy atom. The molecule has 0 saturated carbocycles. The lowest BCUT2D eigenvalue weighted by Crippen LogP contribution is -2.48. The van der Waals surface area contributed by atoms with E-state index in [1.54, 1.807) is 21.7 Å². The second-order valence-corrected chi connectivity index (χ2v) is 6.13. The molecule has 1 aromatic carbocycles. The summed E-state index contributed by atoms with van der Waals surface area (Å²) in [5, 5.41) is 4.54. The Morgan fingerprint density at radius 2 is 2.00 bits per heavy atom. The minimum Gasteiger partial charge on any atom is -0.496 e. The van der Waals surface area contributed by atoms with Crippen molar-refractivity contribution in [3.05, 3.63) is 35.1 Å². The van der Waals surface area contributed by atoms with E-state index in [4.69, 9.17) is 22.1 Å². The Bertz CT molecular complexity index is 753. The molecule has 8 heteroatoms. The van der Waals surface area contributed by atoms with Crippen molar-refractivity contribution in [2.24, 2.45) is 7.05 Å². The number of methoxy groups -OCH3 is 1. The van der Waals surface area contributed by atoms with Gasteiger partial charge in [-0.15, -0.1) is 0 Å². The lowest BCUT2D eigenvalue weighted by molar-refractivity contribution is 0.0743. The number of amides is 1. The molecule has 1 aliphatic rings. The van der Waals surface area contributed by atoms with Crippen LogP contribution in [0.3, 0.4) is 0 Å². The van der Waals surface area contributed by atoms with E-state index in [1.165, 1.54) is 7.11 Å². The first-order valence-electron chi connectivity index (χ1n) is 7.65. The molecule has 0 unspecified atom stereocenters. The molecule has 0 aliphatic carbocycles. The third kappa shape index (κ3) is 3.12. The summed E-state index contributed by atoms with van der Waals surface area (Å²) < 4.78 is 7.05. The van der Waals surface area contributed by atoms with Gasteiger partial charge in [0, 0.05) is 45.5 Å². The Morgan fingerprint density at radius 3 is 2.58 bits per heavy atom. The molecule has 1 fully saturated rings. The highest BCUT2D eigenvalue weighted by Gasteiger charge is 2.25. The van der Waals surface area contributed by atoms with Gasteiger partial charge in [0.1, 0.15) is 5.75 Å². The molecule has 1 aromatic heterocycles. The van der Waals surface area contributed by atoms with Crippen LogP contribution in [0.1, 0.15) is 10.4 Å². The fraction of sp³-hybridized carbons (Fsp3) is 0.375. The van der Waals surface area contributed by atoms with Crippen LogP contribution in [0, 0.1) is 0 Å². The van der Waals surface area contributed by atoms with E-state index >= 15 is 0 Å². The Balaban J connectivity index is 1.72. The van der Waals surface area contributed by atoms with Crippen LogP contribution in [-0.2, 0) is 7.05 Å². The standard InChI is InChI=1S/C16H20ClN5O2/c1-20-10-11(9-19-20)21-3-5-22(6-4-21)16(23)12-7-13(17)14(18)8-15(12)24-2/h7-10H,3-6,18H2,1-2H3. The van der Waals surface area contributed by atoms with Crippen molar-refractivity contribution in [2.75, 3.05) is 43.9 Å². The lowest BCUT2D eigenvalue weighted by Gasteiger charge is -2.35. The van der Waals surface area contributed by atoms with Gasteiger partial charge in [-0.05, 0) is 6.07 Å². The first-order valence-corrected chi connectivity index (χ1v) is 8.03. The Kier molecular flexibility index (Phi) is 4.53. The van der Waals surface area contributed by atoms with Crippen molar-refractivity contribution in [1.82, 2.24) is 14.7 Å². The molecule has 1 amide bonds. The van der Waals surface area contributed by atoms with Gasteiger partial charge in [0.25, 0.3) is 5.91 Å². The van der Waals surface area contributed by atoms with Crippen LogP contribution < -0.4 is 15.4 Å². The topological polar surface area (TPSA) is 76.6 Å². The highest BCUT2D eigenvalue weighted by Crippen LogP contribution is 2.30. The molecule has 1 aliphatic heterocycles. The SMILES string of the molecule is COc1cc(N)c(Cl)cc1C(=O)N1CCN(c2cnn(C)c2)CC1. The van der Waals surface area contributed by atoms with Crippen molar-refractivity contribution in [1.29, 1.82) is 0 Å². The quantitative estimate of drug-likeness (QED) is 0.852. The van der Waals surface area contributed by atoms with Crippen molar-refractivity contribution >= 4 is 28.9 Å². The minimum atomic E-state index is -0.0976. The van der Waals surface area contributed by atoms with Crippen LogP contribution in [0.15, 0.2) is 24.5 Å². The summed E-state index contributed by atoms with van der Waals surface area (Å²) in [7, 11) is 3.40. The molecule has 1 saturated heterocycles. The normalized spacial score (nSPS) is 14.8. The van der Waals surface area contributed by atoms with Crippen LogP contribution in [0.4, 0.5) is 11.4 Å². The number of nitrogens with zero attached hydrogens (tertiary/aromatic N) is 4. The van der Waals surface area contributed by atoms with Gasteiger partial charge in [-0.1, -0.05) is 11.6 Å². The third-order valence-corrected chi connectivity index (χ3v) is 4.50. The van der Waals surface area contributed by atoms with Crippen LogP contribution in [0.2, 0.25) is 5.02 Å². The van der Waals surface area contributed by atoms with Crippen LogP contribution in [0.25, 0.3) is 0 Å². The van der Waals surface area contributed by atoms with Crippen molar-refractivity contribution in [3.63, 3.8) is 0 Å². The maximum absolute atomic E-state index is 12.8. The number of carbonyl (C=O) groups is 1. The number of nitrogen functional groups attached to an aromatic ring is 1. The summed E-state index contributed by atoms with van der Waals surface area (Å²) in [6, 6.07) is 3.16. The molecule has 0 spiro atoms. The number of hydrogen-bond acceptors (Lipinski definition) is 5. The molecule has 128 valence electrons.